The summed E-state index contributed by atoms with van der Waals surface area (Å²) in [6, 6.07) is 14.3. The van der Waals surface area contributed by atoms with Crippen molar-refractivity contribution in [2.75, 3.05) is 23.7 Å². The van der Waals surface area contributed by atoms with Gasteiger partial charge in [-0.15, -0.1) is 0 Å². The number of nitrogens with one attached hydrogen (secondary N) is 1. The Morgan fingerprint density at radius 2 is 1.88 bits per heavy atom. The molecule has 1 unspecified atom stereocenters. The molecule has 0 fully saturated rings. The summed E-state index contributed by atoms with van der Waals surface area (Å²) in [4.78, 5) is 12.5. The standard InChI is InChI=1S/C18H20N2O4S/c1-13-7-3-5-9-16(13)20(25(2,22)23)11-18(21)19-15-12-24-17-10-6-4-8-14(15)17/h3-10,15H,11-12H2,1-2H3,(H,19,21). The molecule has 0 bridgehead atoms. The summed E-state index contributed by atoms with van der Waals surface area (Å²) >= 11 is 0. The van der Waals surface area contributed by atoms with Crippen LogP contribution in [-0.2, 0) is 14.8 Å². The molecule has 6 nitrogen and oxygen atoms in total. The SMILES string of the molecule is Cc1ccccc1N(CC(=O)NC1COc2ccccc21)S(C)(=O)=O. The maximum absolute atomic E-state index is 12.5. The van der Waals surface area contributed by atoms with Gasteiger partial charge in [0.05, 0.1) is 18.0 Å². The van der Waals surface area contributed by atoms with Crippen molar-refractivity contribution >= 4 is 21.6 Å². The summed E-state index contributed by atoms with van der Waals surface area (Å²) in [5.74, 6) is 0.366. The van der Waals surface area contributed by atoms with Crippen LogP contribution in [0.2, 0.25) is 0 Å². The zero-order valence-electron chi connectivity index (χ0n) is 14.1. The number of amides is 1. The van der Waals surface area contributed by atoms with Crippen LogP contribution in [0, 0.1) is 6.92 Å². The molecule has 2 aromatic carbocycles. The molecule has 25 heavy (non-hydrogen) atoms. The number of sulfonamides is 1. The van der Waals surface area contributed by atoms with Gasteiger partial charge in [-0.25, -0.2) is 8.42 Å². The predicted octanol–water partition coefficient (Wildman–Crippen LogP) is 2.01. The second-order valence-corrected chi connectivity index (χ2v) is 7.93. The van der Waals surface area contributed by atoms with Crippen LogP contribution in [0.15, 0.2) is 48.5 Å². The molecule has 0 saturated carbocycles. The number of aryl methyl sites for hydroxylation is 1. The van der Waals surface area contributed by atoms with Crippen molar-refractivity contribution in [1.29, 1.82) is 0 Å². The predicted molar refractivity (Wildman–Crippen MR) is 96.2 cm³/mol. The van der Waals surface area contributed by atoms with Crippen molar-refractivity contribution < 1.29 is 17.9 Å². The lowest BCUT2D eigenvalue weighted by Crippen LogP contribution is -2.42. The Morgan fingerprint density at radius 3 is 2.60 bits per heavy atom. The van der Waals surface area contributed by atoms with Gasteiger partial charge in [-0.05, 0) is 24.6 Å². The van der Waals surface area contributed by atoms with Crippen LogP contribution in [0.25, 0.3) is 0 Å². The molecule has 2 aromatic rings. The Kier molecular flexibility index (Phi) is 4.67. The molecular formula is C18H20N2O4S. The van der Waals surface area contributed by atoms with Crippen molar-refractivity contribution in [3.63, 3.8) is 0 Å². The molecule has 1 atom stereocenters. The fraction of sp³-hybridized carbons (Fsp3) is 0.278. The first-order chi connectivity index (χ1) is 11.9. The number of hydrogen-bond donors (Lipinski definition) is 1. The molecule has 0 radical (unpaired) electrons. The highest BCUT2D eigenvalue weighted by Gasteiger charge is 2.27. The minimum absolute atomic E-state index is 0.275. The van der Waals surface area contributed by atoms with Crippen LogP contribution < -0.4 is 14.4 Å². The van der Waals surface area contributed by atoms with E-state index in [0.717, 1.165) is 27.4 Å². The first-order valence-corrected chi connectivity index (χ1v) is 9.75. The molecule has 3 rings (SSSR count). The Hall–Kier alpha value is -2.54. The Morgan fingerprint density at radius 1 is 1.20 bits per heavy atom. The minimum Gasteiger partial charge on any atom is -0.491 e. The summed E-state index contributed by atoms with van der Waals surface area (Å²) < 4.78 is 31.0. The fourth-order valence-electron chi connectivity index (χ4n) is 2.88. The van der Waals surface area contributed by atoms with Gasteiger partial charge in [0.2, 0.25) is 15.9 Å². The zero-order chi connectivity index (χ0) is 18.0. The molecule has 1 amide bonds. The molecule has 1 N–H and O–H groups in total. The van der Waals surface area contributed by atoms with E-state index in [1.165, 1.54) is 0 Å². The average molecular weight is 360 g/mol. The Labute approximate surface area is 147 Å². The van der Waals surface area contributed by atoms with E-state index < -0.39 is 10.0 Å². The normalized spacial score (nSPS) is 16.0. The van der Waals surface area contributed by atoms with Gasteiger partial charge in [-0.3, -0.25) is 9.10 Å². The zero-order valence-corrected chi connectivity index (χ0v) is 14.9. The number of nitrogens with zero attached hydrogens (tertiary/aromatic N) is 1. The summed E-state index contributed by atoms with van der Waals surface area (Å²) in [6.45, 7) is 1.88. The van der Waals surface area contributed by atoms with Gasteiger partial charge in [0.25, 0.3) is 0 Å². The first kappa shape index (κ1) is 17.3. The van der Waals surface area contributed by atoms with Crippen LogP contribution in [0.5, 0.6) is 5.75 Å². The number of carbonyl (C=O) groups is 1. The van der Waals surface area contributed by atoms with E-state index in [1.54, 1.807) is 12.1 Å². The number of para-hydroxylation sites is 2. The average Bonchev–Trinajstić information content (AvgIpc) is 2.96. The Balaban J connectivity index is 1.77. The number of rotatable bonds is 5. The van der Waals surface area contributed by atoms with Gasteiger partial charge in [-0.2, -0.15) is 0 Å². The maximum Gasteiger partial charge on any atom is 0.241 e. The topological polar surface area (TPSA) is 75.7 Å². The summed E-state index contributed by atoms with van der Waals surface area (Å²) in [5.41, 5.74) is 2.19. The van der Waals surface area contributed by atoms with Crippen molar-refractivity contribution in [2.45, 2.75) is 13.0 Å². The molecule has 132 valence electrons. The highest BCUT2D eigenvalue weighted by molar-refractivity contribution is 7.92. The fourth-order valence-corrected chi connectivity index (χ4v) is 3.79. The first-order valence-electron chi connectivity index (χ1n) is 7.90. The van der Waals surface area contributed by atoms with E-state index in [4.69, 9.17) is 4.74 Å². The highest BCUT2D eigenvalue weighted by atomic mass is 32.2. The number of fused-ring (bicyclic) bond motifs is 1. The van der Waals surface area contributed by atoms with Crippen molar-refractivity contribution in [3.05, 3.63) is 59.7 Å². The van der Waals surface area contributed by atoms with Crippen molar-refractivity contribution in [1.82, 2.24) is 5.32 Å². The van der Waals surface area contributed by atoms with Gasteiger partial charge >= 0.3 is 0 Å². The molecule has 0 aromatic heterocycles. The third kappa shape index (κ3) is 3.76. The van der Waals surface area contributed by atoms with E-state index in [-0.39, 0.29) is 18.5 Å². The number of carbonyl (C=O) groups excluding carboxylic acids is 1. The van der Waals surface area contributed by atoms with Gasteiger partial charge < -0.3 is 10.1 Å². The van der Waals surface area contributed by atoms with Gasteiger partial charge in [0.1, 0.15) is 18.9 Å². The van der Waals surface area contributed by atoms with Gasteiger partial charge in [0, 0.05) is 5.56 Å². The van der Waals surface area contributed by atoms with Crippen molar-refractivity contribution in [3.8, 4) is 5.75 Å². The molecule has 0 spiro atoms. The lowest BCUT2D eigenvalue weighted by molar-refractivity contribution is -0.120. The summed E-state index contributed by atoms with van der Waals surface area (Å²) in [7, 11) is -3.59. The smallest absolute Gasteiger partial charge is 0.241 e. The van der Waals surface area contributed by atoms with Crippen molar-refractivity contribution in [2.24, 2.45) is 0 Å². The lowest BCUT2D eigenvalue weighted by Gasteiger charge is -2.24. The van der Waals surface area contributed by atoms with Crippen LogP contribution in [0.1, 0.15) is 17.2 Å². The molecular weight excluding hydrogens is 340 g/mol. The second kappa shape index (κ2) is 6.76. The maximum atomic E-state index is 12.5. The van der Waals surface area contributed by atoms with Crippen LogP contribution in [0.4, 0.5) is 5.69 Å². The van der Waals surface area contributed by atoms with Gasteiger partial charge in [-0.1, -0.05) is 36.4 Å². The number of hydrogen-bond acceptors (Lipinski definition) is 4. The van der Waals surface area contributed by atoms with E-state index in [1.807, 2.05) is 43.3 Å². The third-order valence-electron chi connectivity index (χ3n) is 4.11. The molecule has 0 saturated heterocycles. The summed E-state index contributed by atoms with van der Waals surface area (Å²) in [6.07, 6.45) is 1.10. The molecule has 7 heteroatoms. The molecule has 0 aliphatic carbocycles. The number of benzene rings is 2. The monoisotopic (exact) mass is 360 g/mol. The Bertz CT molecular complexity index is 895. The third-order valence-corrected chi connectivity index (χ3v) is 5.23. The van der Waals surface area contributed by atoms with Gasteiger partial charge in [0.15, 0.2) is 0 Å². The van der Waals surface area contributed by atoms with E-state index in [9.17, 15) is 13.2 Å². The van der Waals surface area contributed by atoms with E-state index >= 15 is 0 Å². The van der Waals surface area contributed by atoms with Crippen LogP contribution in [-0.4, -0.2) is 33.7 Å². The number of ether oxygens (including phenoxy) is 1. The molecule has 1 heterocycles. The second-order valence-electron chi connectivity index (χ2n) is 6.03. The van der Waals surface area contributed by atoms with E-state index in [2.05, 4.69) is 5.32 Å². The van der Waals surface area contributed by atoms with E-state index in [0.29, 0.717) is 12.3 Å². The minimum atomic E-state index is -3.59. The molecule has 1 aliphatic rings. The molecule has 1 aliphatic heterocycles. The largest absolute Gasteiger partial charge is 0.491 e. The highest BCUT2D eigenvalue weighted by Crippen LogP contribution is 2.31. The number of anilines is 1. The summed E-state index contributed by atoms with van der Waals surface area (Å²) in [5, 5.41) is 2.86. The lowest BCUT2D eigenvalue weighted by atomic mass is 10.1. The quantitative estimate of drug-likeness (QED) is 0.885. The van der Waals surface area contributed by atoms with Crippen LogP contribution in [0.3, 0.4) is 0 Å². The van der Waals surface area contributed by atoms with Crippen LogP contribution >= 0.6 is 0 Å².